The maximum atomic E-state index is 5.69. The molecule has 0 aromatic carbocycles. The Kier molecular flexibility index (Phi) is 6.98. The lowest BCUT2D eigenvalue weighted by Crippen LogP contribution is -2.54. The quantitative estimate of drug-likeness (QED) is 0.512. The van der Waals surface area contributed by atoms with Gasteiger partial charge in [0.25, 0.3) is 0 Å². The van der Waals surface area contributed by atoms with Crippen molar-refractivity contribution in [3.05, 3.63) is 0 Å². The van der Waals surface area contributed by atoms with Gasteiger partial charge in [0, 0.05) is 0 Å². The van der Waals surface area contributed by atoms with E-state index >= 15 is 0 Å². The zero-order valence-corrected chi connectivity index (χ0v) is 14.6. The SMILES string of the molecule is CCCCOc1nc(OCCCC)nc([N+]2(C)CCOCC2)n1. The van der Waals surface area contributed by atoms with E-state index in [1.54, 1.807) is 0 Å². The molecule has 0 unspecified atom stereocenters. The van der Waals surface area contributed by atoms with Gasteiger partial charge < -0.3 is 14.2 Å². The number of hydrogen-bond donors (Lipinski definition) is 0. The van der Waals surface area contributed by atoms with E-state index in [1.807, 2.05) is 0 Å². The summed E-state index contributed by atoms with van der Waals surface area (Å²) in [6.07, 6.45) is 4.10. The molecule has 1 aliphatic heterocycles. The van der Waals surface area contributed by atoms with Crippen LogP contribution >= 0.6 is 0 Å². The van der Waals surface area contributed by atoms with Crippen LogP contribution in [-0.4, -0.2) is 61.5 Å². The number of aromatic nitrogens is 3. The Hall–Kier alpha value is -1.47. The topological polar surface area (TPSA) is 66.4 Å². The van der Waals surface area contributed by atoms with Crippen molar-refractivity contribution < 1.29 is 14.2 Å². The first-order valence-electron chi connectivity index (χ1n) is 8.62. The van der Waals surface area contributed by atoms with Crippen molar-refractivity contribution in [1.29, 1.82) is 0 Å². The maximum absolute atomic E-state index is 5.69. The van der Waals surface area contributed by atoms with Gasteiger partial charge in [0.15, 0.2) is 0 Å². The molecule has 0 amide bonds. The summed E-state index contributed by atoms with van der Waals surface area (Å²) >= 11 is 0. The van der Waals surface area contributed by atoms with Crippen LogP contribution in [0.15, 0.2) is 0 Å². The zero-order valence-electron chi connectivity index (χ0n) is 14.6. The van der Waals surface area contributed by atoms with Crippen molar-refractivity contribution in [3.63, 3.8) is 0 Å². The Labute approximate surface area is 138 Å². The van der Waals surface area contributed by atoms with Gasteiger partial charge in [-0.15, -0.1) is 15.0 Å². The summed E-state index contributed by atoms with van der Waals surface area (Å²) < 4.78 is 17.5. The number of nitrogens with zero attached hydrogens (tertiary/aromatic N) is 4. The molecular weight excluding hydrogens is 296 g/mol. The first kappa shape index (κ1) is 17.9. The summed E-state index contributed by atoms with van der Waals surface area (Å²) in [6.45, 7) is 8.57. The summed E-state index contributed by atoms with van der Waals surface area (Å²) in [4.78, 5) is 13.3. The largest absolute Gasteiger partial charge is 0.463 e. The number of ether oxygens (including phenoxy) is 3. The number of rotatable bonds is 9. The fraction of sp³-hybridized carbons (Fsp3) is 0.812. The highest BCUT2D eigenvalue weighted by Crippen LogP contribution is 2.22. The molecule has 0 atom stereocenters. The molecule has 2 heterocycles. The summed E-state index contributed by atoms with van der Waals surface area (Å²) in [5.74, 6) is 0.696. The van der Waals surface area contributed by atoms with Crippen molar-refractivity contribution >= 4 is 5.95 Å². The van der Waals surface area contributed by atoms with E-state index in [0.29, 0.717) is 48.9 Å². The van der Waals surface area contributed by atoms with Gasteiger partial charge in [-0.2, -0.15) is 0 Å². The minimum absolute atomic E-state index is 0.362. The molecule has 7 nitrogen and oxygen atoms in total. The third kappa shape index (κ3) is 5.28. The van der Waals surface area contributed by atoms with E-state index in [0.717, 1.165) is 38.8 Å². The third-order valence-corrected chi connectivity index (χ3v) is 3.98. The van der Waals surface area contributed by atoms with Crippen LogP contribution in [0.25, 0.3) is 0 Å². The van der Waals surface area contributed by atoms with Crippen molar-refractivity contribution in [2.45, 2.75) is 39.5 Å². The highest BCUT2D eigenvalue weighted by molar-refractivity contribution is 5.28. The van der Waals surface area contributed by atoms with Crippen LogP contribution in [0.2, 0.25) is 0 Å². The van der Waals surface area contributed by atoms with Gasteiger partial charge in [-0.3, -0.25) is 4.48 Å². The molecular formula is C16H29N4O3+. The lowest BCUT2D eigenvalue weighted by Gasteiger charge is -2.34. The molecule has 0 saturated carbocycles. The monoisotopic (exact) mass is 325 g/mol. The Morgan fingerprint density at radius 1 is 0.913 bits per heavy atom. The second kappa shape index (κ2) is 8.98. The molecule has 0 aliphatic carbocycles. The van der Waals surface area contributed by atoms with Crippen molar-refractivity contribution in [1.82, 2.24) is 19.4 Å². The van der Waals surface area contributed by atoms with E-state index in [9.17, 15) is 0 Å². The molecule has 23 heavy (non-hydrogen) atoms. The Morgan fingerprint density at radius 3 is 1.91 bits per heavy atom. The predicted octanol–water partition coefficient (Wildman–Crippen LogP) is 2.20. The normalized spacial score (nSPS) is 17.0. The van der Waals surface area contributed by atoms with Gasteiger partial charge >= 0.3 is 18.0 Å². The number of morpholine rings is 1. The third-order valence-electron chi connectivity index (χ3n) is 3.98. The molecule has 0 spiro atoms. The van der Waals surface area contributed by atoms with Crippen molar-refractivity contribution in [2.75, 3.05) is 46.6 Å². The highest BCUT2D eigenvalue weighted by Gasteiger charge is 2.33. The van der Waals surface area contributed by atoms with E-state index in [-0.39, 0.29) is 0 Å². The molecule has 1 aliphatic rings. The molecule has 0 radical (unpaired) electrons. The molecule has 130 valence electrons. The summed E-state index contributed by atoms with van der Waals surface area (Å²) in [7, 11) is 2.11. The fourth-order valence-electron chi connectivity index (χ4n) is 2.26. The second-order valence-corrected chi connectivity index (χ2v) is 6.06. The Bertz CT molecular complexity index is 450. The van der Waals surface area contributed by atoms with Gasteiger partial charge in [0.2, 0.25) is 0 Å². The smallest absolute Gasteiger partial charge is 0.338 e. The molecule has 1 aromatic heterocycles. The van der Waals surface area contributed by atoms with Gasteiger partial charge in [0.05, 0.1) is 33.5 Å². The average molecular weight is 325 g/mol. The van der Waals surface area contributed by atoms with Crippen LogP contribution in [0.1, 0.15) is 39.5 Å². The average Bonchev–Trinajstić information content (AvgIpc) is 2.56. The van der Waals surface area contributed by atoms with Crippen LogP contribution in [-0.2, 0) is 4.74 Å². The zero-order chi connectivity index (χ0) is 16.5. The van der Waals surface area contributed by atoms with E-state index in [4.69, 9.17) is 14.2 Å². The lowest BCUT2D eigenvalue weighted by molar-refractivity contribution is 0.0487. The van der Waals surface area contributed by atoms with Crippen LogP contribution in [0.5, 0.6) is 12.0 Å². The highest BCUT2D eigenvalue weighted by atomic mass is 16.5. The van der Waals surface area contributed by atoms with Crippen LogP contribution in [0.3, 0.4) is 0 Å². The van der Waals surface area contributed by atoms with Crippen LogP contribution in [0.4, 0.5) is 5.95 Å². The van der Waals surface area contributed by atoms with Crippen LogP contribution in [0, 0.1) is 0 Å². The molecule has 1 aromatic rings. The Morgan fingerprint density at radius 2 is 1.43 bits per heavy atom. The number of hydrogen-bond acceptors (Lipinski definition) is 6. The lowest BCUT2D eigenvalue weighted by atomic mass is 10.3. The minimum Gasteiger partial charge on any atom is -0.463 e. The summed E-state index contributed by atoms with van der Waals surface area (Å²) in [5, 5.41) is 0. The van der Waals surface area contributed by atoms with E-state index in [2.05, 4.69) is 35.8 Å². The fourth-order valence-corrected chi connectivity index (χ4v) is 2.26. The molecule has 2 rings (SSSR count). The molecule has 7 heteroatoms. The maximum Gasteiger partial charge on any atom is 0.338 e. The minimum atomic E-state index is 0.362. The number of likely N-dealkylation sites (N-methyl/N-ethyl adjacent to an activating group) is 1. The second-order valence-electron chi connectivity index (χ2n) is 6.06. The predicted molar refractivity (Wildman–Crippen MR) is 88.9 cm³/mol. The van der Waals surface area contributed by atoms with Gasteiger partial charge in [-0.1, -0.05) is 26.7 Å². The van der Waals surface area contributed by atoms with Crippen LogP contribution < -0.4 is 14.0 Å². The summed E-state index contributed by atoms with van der Waals surface area (Å²) in [6, 6.07) is 0.724. The van der Waals surface area contributed by atoms with Gasteiger partial charge in [0.1, 0.15) is 13.1 Å². The summed E-state index contributed by atoms with van der Waals surface area (Å²) in [5.41, 5.74) is 0. The van der Waals surface area contributed by atoms with E-state index in [1.165, 1.54) is 0 Å². The molecule has 0 N–H and O–H groups in total. The van der Waals surface area contributed by atoms with Gasteiger partial charge in [-0.25, -0.2) is 0 Å². The first-order chi connectivity index (χ1) is 11.2. The molecule has 0 bridgehead atoms. The number of quaternary nitrogens is 1. The van der Waals surface area contributed by atoms with Crippen molar-refractivity contribution in [3.8, 4) is 12.0 Å². The van der Waals surface area contributed by atoms with Crippen molar-refractivity contribution in [2.24, 2.45) is 0 Å². The Balaban J connectivity index is 2.17. The van der Waals surface area contributed by atoms with E-state index < -0.39 is 0 Å². The standard InChI is InChI=1S/C16H29N4O3/c1-4-6-10-22-15-17-14(20(3)8-12-21-13-9-20)18-16(19-15)23-11-7-5-2/h4-13H2,1-3H3/q+1. The molecule has 1 fully saturated rings. The first-order valence-corrected chi connectivity index (χ1v) is 8.62. The van der Waals surface area contributed by atoms with Gasteiger partial charge in [-0.05, 0) is 12.8 Å². The molecule has 1 saturated heterocycles. The number of unbranched alkanes of at least 4 members (excludes halogenated alkanes) is 2.